The highest BCUT2D eigenvalue weighted by Gasteiger charge is 2.23. The van der Waals surface area contributed by atoms with E-state index in [9.17, 15) is 4.79 Å². The predicted molar refractivity (Wildman–Crippen MR) is 103 cm³/mol. The molecule has 1 amide bonds. The van der Waals surface area contributed by atoms with Crippen molar-refractivity contribution in [1.82, 2.24) is 29.7 Å². The molecular weight excluding hydrogens is 356 g/mol. The monoisotopic (exact) mass is 380 g/mol. The van der Waals surface area contributed by atoms with Crippen LogP contribution in [0, 0.1) is 13.8 Å². The largest absolute Gasteiger partial charge is 0.336 e. The first-order chi connectivity index (χ1) is 13.6. The van der Waals surface area contributed by atoms with Crippen LogP contribution in [0.5, 0.6) is 0 Å². The molecule has 1 aromatic carbocycles. The van der Waals surface area contributed by atoms with Crippen LogP contribution in [0.3, 0.4) is 0 Å². The first-order valence-corrected chi connectivity index (χ1v) is 9.46. The second-order valence-electron chi connectivity index (χ2n) is 7.16. The molecule has 1 fully saturated rings. The van der Waals surface area contributed by atoms with Gasteiger partial charge < -0.3 is 9.47 Å². The molecule has 0 atom stereocenters. The average Bonchev–Trinajstić information content (AvgIpc) is 3.31. The van der Waals surface area contributed by atoms with Crippen LogP contribution in [-0.4, -0.2) is 61.8 Å². The number of carbonyl (C=O) groups excluding carboxylic acids is 1. The minimum atomic E-state index is 0.0873. The number of nitrogens with zero attached hydrogens (tertiary/aromatic N) is 6. The highest BCUT2D eigenvalue weighted by molar-refractivity contribution is 5.94. The van der Waals surface area contributed by atoms with Gasteiger partial charge in [-0.15, -0.1) is 0 Å². The van der Waals surface area contributed by atoms with Crippen LogP contribution in [0.4, 0.5) is 0 Å². The molecule has 2 aromatic heterocycles. The van der Waals surface area contributed by atoms with Crippen molar-refractivity contribution in [3.05, 3.63) is 65.0 Å². The maximum absolute atomic E-state index is 12.8. The fourth-order valence-electron chi connectivity index (χ4n) is 3.42. The molecular formula is C20H24N6O2. The van der Waals surface area contributed by atoms with E-state index >= 15 is 0 Å². The topological polar surface area (TPSA) is 80.3 Å². The summed E-state index contributed by atoms with van der Waals surface area (Å²) < 4.78 is 6.84. The zero-order valence-electron chi connectivity index (χ0n) is 16.2. The van der Waals surface area contributed by atoms with Gasteiger partial charge in [-0.2, -0.15) is 0 Å². The molecule has 0 bridgehead atoms. The smallest absolute Gasteiger partial charge is 0.253 e. The molecule has 1 aliphatic heterocycles. The first-order valence-electron chi connectivity index (χ1n) is 9.46. The van der Waals surface area contributed by atoms with Crippen molar-refractivity contribution in [3.8, 4) is 0 Å². The summed E-state index contributed by atoms with van der Waals surface area (Å²) in [7, 11) is 0. The van der Waals surface area contributed by atoms with Crippen LogP contribution in [0.2, 0.25) is 0 Å². The van der Waals surface area contributed by atoms with E-state index in [1.54, 1.807) is 6.20 Å². The third-order valence-corrected chi connectivity index (χ3v) is 5.26. The Kier molecular flexibility index (Phi) is 5.21. The van der Waals surface area contributed by atoms with Crippen LogP contribution in [-0.2, 0) is 13.1 Å². The number of amides is 1. The molecule has 0 saturated carbocycles. The van der Waals surface area contributed by atoms with Crippen LogP contribution >= 0.6 is 0 Å². The summed E-state index contributed by atoms with van der Waals surface area (Å²) in [6.45, 7) is 8.39. The SMILES string of the molecule is Cc1nonc1CN1CCN(C(=O)c2ccc(Cn3ccnc3C)cc2)CC1. The lowest BCUT2D eigenvalue weighted by Crippen LogP contribution is -2.48. The maximum atomic E-state index is 12.8. The van der Waals surface area contributed by atoms with E-state index in [0.29, 0.717) is 19.6 Å². The van der Waals surface area contributed by atoms with Crippen molar-refractivity contribution in [1.29, 1.82) is 0 Å². The summed E-state index contributed by atoms with van der Waals surface area (Å²) in [5.74, 6) is 1.07. The normalized spacial score (nSPS) is 15.1. The van der Waals surface area contributed by atoms with E-state index in [-0.39, 0.29) is 5.91 Å². The molecule has 28 heavy (non-hydrogen) atoms. The van der Waals surface area contributed by atoms with E-state index < -0.39 is 0 Å². The molecule has 0 N–H and O–H groups in total. The van der Waals surface area contributed by atoms with Gasteiger partial charge in [-0.25, -0.2) is 9.61 Å². The van der Waals surface area contributed by atoms with Gasteiger partial charge in [-0.1, -0.05) is 22.4 Å². The molecule has 0 unspecified atom stereocenters. The van der Waals surface area contributed by atoms with Crippen molar-refractivity contribution in [2.24, 2.45) is 0 Å². The fourth-order valence-corrected chi connectivity index (χ4v) is 3.42. The number of imidazole rings is 1. The molecule has 146 valence electrons. The van der Waals surface area contributed by atoms with Gasteiger partial charge in [0.1, 0.15) is 17.2 Å². The minimum absolute atomic E-state index is 0.0873. The molecule has 0 spiro atoms. The number of hydrogen-bond acceptors (Lipinski definition) is 6. The van der Waals surface area contributed by atoms with E-state index in [1.807, 2.05) is 49.2 Å². The van der Waals surface area contributed by atoms with Crippen molar-refractivity contribution in [2.75, 3.05) is 26.2 Å². The molecule has 1 saturated heterocycles. The van der Waals surface area contributed by atoms with Gasteiger partial charge in [0.15, 0.2) is 0 Å². The Balaban J connectivity index is 1.32. The molecule has 3 aromatic rings. The van der Waals surface area contributed by atoms with Crippen LogP contribution in [0.1, 0.15) is 33.1 Å². The molecule has 1 aliphatic rings. The van der Waals surface area contributed by atoms with Gasteiger partial charge in [-0.3, -0.25) is 9.69 Å². The molecule has 8 nitrogen and oxygen atoms in total. The minimum Gasteiger partial charge on any atom is -0.336 e. The van der Waals surface area contributed by atoms with Crippen LogP contribution < -0.4 is 0 Å². The Labute approximate surface area is 163 Å². The van der Waals surface area contributed by atoms with Crippen molar-refractivity contribution < 1.29 is 9.42 Å². The number of aryl methyl sites for hydroxylation is 2. The number of piperazine rings is 1. The Morgan fingerprint density at radius 1 is 1.04 bits per heavy atom. The van der Waals surface area contributed by atoms with Gasteiger partial charge in [0, 0.05) is 57.2 Å². The molecule has 3 heterocycles. The quantitative estimate of drug-likeness (QED) is 0.672. The molecule has 0 aliphatic carbocycles. The van der Waals surface area contributed by atoms with Gasteiger partial charge in [0.2, 0.25) is 0 Å². The zero-order chi connectivity index (χ0) is 19.5. The number of rotatable bonds is 5. The van der Waals surface area contributed by atoms with Crippen molar-refractivity contribution in [3.63, 3.8) is 0 Å². The fraction of sp³-hybridized carbons (Fsp3) is 0.400. The predicted octanol–water partition coefficient (Wildman–Crippen LogP) is 1.89. The van der Waals surface area contributed by atoms with E-state index in [0.717, 1.165) is 48.0 Å². The lowest BCUT2D eigenvalue weighted by Gasteiger charge is -2.34. The van der Waals surface area contributed by atoms with Gasteiger partial charge in [0.25, 0.3) is 5.91 Å². The third kappa shape index (κ3) is 3.96. The lowest BCUT2D eigenvalue weighted by atomic mass is 10.1. The molecule has 8 heteroatoms. The number of hydrogen-bond donors (Lipinski definition) is 0. The number of carbonyl (C=O) groups is 1. The van der Waals surface area contributed by atoms with Crippen LogP contribution in [0.25, 0.3) is 0 Å². The second kappa shape index (κ2) is 7.93. The first kappa shape index (κ1) is 18.4. The highest BCUT2D eigenvalue weighted by atomic mass is 16.6. The Hall–Kier alpha value is -3.00. The summed E-state index contributed by atoms with van der Waals surface area (Å²) in [4.78, 5) is 21.2. The molecule has 4 rings (SSSR count). The average molecular weight is 380 g/mol. The summed E-state index contributed by atoms with van der Waals surface area (Å²) in [5, 5.41) is 7.76. The summed E-state index contributed by atoms with van der Waals surface area (Å²) in [6, 6.07) is 7.87. The second-order valence-corrected chi connectivity index (χ2v) is 7.16. The number of aromatic nitrogens is 4. The Morgan fingerprint density at radius 2 is 1.79 bits per heavy atom. The van der Waals surface area contributed by atoms with E-state index in [4.69, 9.17) is 4.63 Å². The van der Waals surface area contributed by atoms with E-state index in [2.05, 4.69) is 24.8 Å². The zero-order valence-corrected chi connectivity index (χ0v) is 16.2. The highest BCUT2D eigenvalue weighted by Crippen LogP contribution is 2.14. The maximum Gasteiger partial charge on any atom is 0.253 e. The van der Waals surface area contributed by atoms with Gasteiger partial charge >= 0.3 is 0 Å². The summed E-state index contributed by atoms with van der Waals surface area (Å²) in [6.07, 6.45) is 3.76. The summed E-state index contributed by atoms with van der Waals surface area (Å²) in [5.41, 5.74) is 3.57. The molecule has 0 radical (unpaired) electrons. The van der Waals surface area contributed by atoms with Crippen molar-refractivity contribution in [2.45, 2.75) is 26.9 Å². The van der Waals surface area contributed by atoms with Crippen molar-refractivity contribution >= 4 is 5.91 Å². The standard InChI is InChI=1S/C20H24N6O2/c1-15-19(23-28-22-15)14-24-9-11-25(12-10-24)20(27)18-5-3-17(4-6-18)13-26-8-7-21-16(26)2/h3-8H,9-14H2,1-2H3. The van der Waals surface area contributed by atoms with E-state index in [1.165, 1.54) is 0 Å². The van der Waals surface area contributed by atoms with Gasteiger partial charge in [-0.05, 0) is 31.5 Å². The summed E-state index contributed by atoms with van der Waals surface area (Å²) >= 11 is 0. The lowest BCUT2D eigenvalue weighted by molar-refractivity contribution is 0.0625. The Morgan fingerprint density at radius 3 is 2.39 bits per heavy atom. The number of benzene rings is 1. The van der Waals surface area contributed by atoms with Crippen LogP contribution in [0.15, 0.2) is 41.3 Å². The Bertz CT molecular complexity index is 938. The van der Waals surface area contributed by atoms with Gasteiger partial charge in [0.05, 0.1) is 0 Å². The third-order valence-electron chi connectivity index (χ3n) is 5.26.